The van der Waals surface area contributed by atoms with Crippen molar-refractivity contribution < 1.29 is 4.74 Å². The van der Waals surface area contributed by atoms with E-state index in [1.165, 1.54) is 44.1 Å². The van der Waals surface area contributed by atoms with Gasteiger partial charge in [-0.05, 0) is 31.3 Å². The highest BCUT2D eigenvalue weighted by Crippen LogP contribution is 2.21. The summed E-state index contributed by atoms with van der Waals surface area (Å²) in [6.45, 7) is 0. The zero-order chi connectivity index (χ0) is 7.23. The molecule has 0 aromatic rings. The minimum atomic E-state index is 1.26. The van der Waals surface area contributed by atoms with Crippen molar-refractivity contribution in [2.45, 2.75) is 38.5 Å². The van der Waals surface area contributed by atoms with E-state index in [1.807, 2.05) is 6.26 Å². The van der Waals surface area contributed by atoms with Crippen LogP contribution in [0.4, 0.5) is 0 Å². The van der Waals surface area contributed by atoms with E-state index in [9.17, 15) is 0 Å². The van der Waals surface area contributed by atoms with Crippen LogP contribution in [0.1, 0.15) is 38.5 Å². The molecule has 0 heterocycles. The number of allylic oxidation sites excluding steroid dienone is 1. The highest BCUT2D eigenvalue weighted by molar-refractivity contribution is 4.98. The molecule has 0 spiro atoms. The van der Waals surface area contributed by atoms with Gasteiger partial charge in [-0.1, -0.05) is 12.8 Å². The van der Waals surface area contributed by atoms with Crippen LogP contribution >= 0.6 is 0 Å². The Balaban J connectivity index is 2.35. The summed E-state index contributed by atoms with van der Waals surface area (Å²) in [4.78, 5) is 0. The predicted molar refractivity (Wildman–Crippen MR) is 42.8 cm³/mol. The summed E-state index contributed by atoms with van der Waals surface area (Å²) in [7, 11) is 1.73. The number of methoxy groups -OCH3 is 1. The van der Waals surface area contributed by atoms with Gasteiger partial charge in [-0.3, -0.25) is 0 Å². The van der Waals surface area contributed by atoms with E-state index in [4.69, 9.17) is 4.74 Å². The first-order valence-corrected chi connectivity index (χ1v) is 4.14. The molecule has 10 heavy (non-hydrogen) atoms. The van der Waals surface area contributed by atoms with E-state index in [0.29, 0.717) is 0 Å². The van der Waals surface area contributed by atoms with Crippen LogP contribution in [-0.4, -0.2) is 7.11 Å². The Bertz CT molecular complexity index is 106. The molecule has 0 saturated heterocycles. The van der Waals surface area contributed by atoms with E-state index in [2.05, 4.69) is 0 Å². The molecule has 1 aliphatic rings. The maximum Gasteiger partial charge on any atom is 0.0816 e. The van der Waals surface area contributed by atoms with Crippen molar-refractivity contribution in [1.82, 2.24) is 0 Å². The highest BCUT2D eigenvalue weighted by atomic mass is 16.5. The van der Waals surface area contributed by atoms with Crippen LogP contribution in [0.25, 0.3) is 0 Å². The monoisotopic (exact) mass is 140 g/mol. The van der Waals surface area contributed by atoms with Crippen molar-refractivity contribution in [3.63, 3.8) is 0 Å². The van der Waals surface area contributed by atoms with Gasteiger partial charge in [0, 0.05) is 0 Å². The zero-order valence-electron chi connectivity index (χ0n) is 6.73. The van der Waals surface area contributed by atoms with Crippen LogP contribution in [0.3, 0.4) is 0 Å². The molecule has 0 amide bonds. The summed E-state index contributed by atoms with van der Waals surface area (Å²) in [5, 5.41) is 0. The molecule has 1 aliphatic carbocycles. The van der Waals surface area contributed by atoms with Crippen molar-refractivity contribution in [1.29, 1.82) is 0 Å². The Hall–Kier alpha value is -0.460. The van der Waals surface area contributed by atoms with Crippen molar-refractivity contribution in [2.24, 2.45) is 0 Å². The summed E-state index contributed by atoms with van der Waals surface area (Å²) < 4.78 is 4.97. The molecule has 0 radical (unpaired) electrons. The Labute approximate surface area is 63.1 Å². The summed E-state index contributed by atoms with van der Waals surface area (Å²) >= 11 is 0. The fourth-order valence-electron chi connectivity index (χ4n) is 1.47. The van der Waals surface area contributed by atoms with Gasteiger partial charge >= 0.3 is 0 Å². The fourth-order valence-corrected chi connectivity index (χ4v) is 1.47. The van der Waals surface area contributed by atoms with Gasteiger partial charge in [0.25, 0.3) is 0 Å². The molecule has 1 nitrogen and oxygen atoms in total. The quantitative estimate of drug-likeness (QED) is 0.402. The van der Waals surface area contributed by atoms with Crippen molar-refractivity contribution in [2.75, 3.05) is 7.11 Å². The third kappa shape index (κ3) is 2.42. The molecular weight excluding hydrogens is 124 g/mol. The Kier molecular flexibility index (Phi) is 3.34. The van der Waals surface area contributed by atoms with Crippen LogP contribution < -0.4 is 0 Å². The van der Waals surface area contributed by atoms with Gasteiger partial charge in [0.1, 0.15) is 0 Å². The molecule has 0 bridgehead atoms. The molecule has 1 heteroatoms. The second-order valence-electron chi connectivity index (χ2n) is 2.93. The van der Waals surface area contributed by atoms with Gasteiger partial charge < -0.3 is 4.74 Å². The number of hydrogen-bond donors (Lipinski definition) is 0. The molecule has 0 N–H and O–H groups in total. The second kappa shape index (κ2) is 4.37. The number of hydrogen-bond acceptors (Lipinski definition) is 1. The first kappa shape index (κ1) is 7.64. The largest absolute Gasteiger partial charge is 0.504 e. The van der Waals surface area contributed by atoms with E-state index in [-0.39, 0.29) is 0 Å². The van der Waals surface area contributed by atoms with Gasteiger partial charge in [-0.25, -0.2) is 0 Å². The van der Waals surface area contributed by atoms with Gasteiger partial charge in [-0.15, -0.1) is 0 Å². The van der Waals surface area contributed by atoms with Gasteiger partial charge in [0.05, 0.1) is 13.4 Å². The minimum absolute atomic E-state index is 1.26. The number of ether oxygens (including phenoxy) is 1. The first-order valence-electron chi connectivity index (χ1n) is 4.14. The lowest BCUT2D eigenvalue weighted by atomic mass is 10.1. The summed E-state index contributed by atoms with van der Waals surface area (Å²) in [5.41, 5.74) is 1.50. The molecular formula is C9H16O. The van der Waals surface area contributed by atoms with Gasteiger partial charge in [-0.2, -0.15) is 0 Å². The molecule has 0 unspecified atom stereocenters. The lowest BCUT2D eigenvalue weighted by Crippen LogP contribution is -1.81. The Morgan fingerprint density at radius 3 is 2.20 bits per heavy atom. The van der Waals surface area contributed by atoms with E-state index in [0.717, 1.165) is 0 Å². The van der Waals surface area contributed by atoms with Gasteiger partial charge in [0.15, 0.2) is 0 Å². The topological polar surface area (TPSA) is 9.23 Å². The van der Waals surface area contributed by atoms with Crippen LogP contribution in [0.5, 0.6) is 0 Å². The van der Waals surface area contributed by atoms with Crippen molar-refractivity contribution >= 4 is 0 Å². The predicted octanol–water partition coefficient (Wildman–Crippen LogP) is 2.87. The van der Waals surface area contributed by atoms with Crippen molar-refractivity contribution in [3.05, 3.63) is 11.8 Å². The maximum absolute atomic E-state index is 4.97. The summed E-state index contributed by atoms with van der Waals surface area (Å²) in [6.07, 6.45) is 9.96. The fraction of sp³-hybridized carbons (Fsp3) is 0.778. The minimum Gasteiger partial charge on any atom is -0.504 e. The van der Waals surface area contributed by atoms with Gasteiger partial charge in [0.2, 0.25) is 0 Å². The number of rotatable bonds is 1. The molecule has 1 fully saturated rings. The average Bonchev–Trinajstić information content (AvgIpc) is 2.17. The van der Waals surface area contributed by atoms with Crippen LogP contribution in [0.15, 0.2) is 11.8 Å². The maximum atomic E-state index is 4.97. The molecule has 0 aromatic heterocycles. The van der Waals surface area contributed by atoms with Crippen LogP contribution in [0, 0.1) is 0 Å². The second-order valence-corrected chi connectivity index (χ2v) is 2.93. The van der Waals surface area contributed by atoms with E-state index < -0.39 is 0 Å². The molecule has 1 saturated carbocycles. The molecule has 0 aliphatic heterocycles. The Morgan fingerprint density at radius 2 is 1.70 bits per heavy atom. The molecule has 58 valence electrons. The first-order chi connectivity index (χ1) is 4.93. The average molecular weight is 140 g/mol. The van der Waals surface area contributed by atoms with Crippen LogP contribution in [-0.2, 0) is 4.74 Å². The lowest BCUT2D eigenvalue weighted by molar-refractivity contribution is 0.331. The Morgan fingerprint density at radius 1 is 1.10 bits per heavy atom. The SMILES string of the molecule is COC=C1CCCCCC1. The molecule has 0 atom stereocenters. The van der Waals surface area contributed by atoms with E-state index in [1.54, 1.807) is 7.11 Å². The third-order valence-electron chi connectivity index (χ3n) is 2.03. The standard InChI is InChI=1S/C9H16O/c1-10-8-9-6-4-2-3-5-7-9/h8H,2-7H2,1H3. The normalized spacial score (nSPS) is 19.9. The van der Waals surface area contributed by atoms with Crippen LogP contribution in [0.2, 0.25) is 0 Å². The zero-order valence-corrected chi connectivity index (χ0v) is 6.73. The molecule has 0 aromatic carbocycles. The van der Waals surface area contributed by atoms with Crippen molar-refractivity contribution in [3.8, 4) is 0 Å². The third-order valence-corrected chi connectivity index (χ3v) is 2.03. The van der Waals surface area contributed by atoms with E-state index >= 15 is 0 Å². The summed E-state index contributed by atoms with van der Waals surface area (Å²) in [5.74, 6) is 0. The lowest BCUT2D eigenvalue weighted by Gasteiger charge is -1.99. The summed E-state index contributed by atoms with van der Waals surface area (Å²) in [6, 6.07) is 0. The smallest absolute Gasteiger partial charge is 0.0816 e. The molecule has 1 rings (SSSR count). The highest BCUT2D eigenvalue weighted by Gasteiger charge is 2.03.